The van der Waals surface area contributed by atoms with E-state index in [-0.39, 0.29) is 12.2 Å². The average molecular weight is 271 g/mol. The molecule has 1 aromatic carbocycles. The molecule has 104 valence electrons. The monoisotopic (exact) mass is 271 g/mol. The highest BCUT2D eigenvalue weighted by molar-refractivity contribution is 5.62. The van der Waals surface area contributed by atoms with Crippen LogP contribution >= 0.6 is 0 Å². The summed E-state index contributed by atoms with van der Waals surface area (Å²) in [7, 11) is 0. The zero-order valence-electron chi connectivity index (χ0n) is 11.6. The molecule has 0 aliphatic rings. The normalized spacial score (nSPS) is 10.4. The Kier molecular flexibility index (Phi) is 4.89. The molecule has 0 atom stereocenters. The Morgan fingerprint density at radius 2 is 2.15 bits per heavy atom. The van der Waals surface area contributed by atoms with Crippen LogP contribution in [0.25, 0.3) is 11.1 Å². The van der Waals surface area contributed by atoms with Crippen molar-refractivity contribution < 1.29 is 4.39 Å². The van der Waals surface area contributed by atoms with Gasteiger partial charge in [-0.2, -0.15) is 10.4 Å². The fourth-order valence-electron chi connectivity index (χ4n) is 2.11. The van der Waals surface area contributed by atoms with Crippen molar-refractivity contribution in [3.05, 3.63) is 42.0 Å². The molecule has 4 heteroatoms. The summed E-state index contributed by atoms with van der Waals surface area (Å²) in [5, 5.41) is 12.9. The number of benzene rings is 1. The summed E-state index contributed by atoms with van der Waals surface area (Å²) in [4.78, 5) is 0. The van der Waals surface area contributed by atoms with Crippen LogP contribution in [-0.4, -0.2) is 9.78 Å². The van der Waals surface area contributed by atoms with Crippen LogP contribution in [0.2, 0.25) is 0 Å². The fourth-order valence-corrected chi connectivity index (χ4v) is 2.11. The second-order valence-corrected chi connectivity index (χ2v) is 4.84. The van der Waals surface area contributed by atoms with E-state index in [0.717, 1.165) is 24.1 Å². The quantitative estimate of drug-likeness (QED) is 0.746. The number of halogens is 1. The van der Waals surface area contributed by atoms with E-state index >= 15 is 0 Å². The summed E-state index contributed by atoms with van der Waals surface area (Å²) in [5.74, 6) is -0.331. The van der Waals surface area contributed by atoms with Crippen molar-refractivity contribution in [1.29, 1.82) is 5.26 Å². The molecule has 0 aliphatic carbocycles. The Morgan fingerprint density at radius 3 is 2.85 bits per heavy atom. The van der Waals surface area contributed by atoms with E-state index in [0.29, 0.717) is 5.56 Å². The van der Waals surface area contributed by atoms with Crippen molar-refractivity contribution >= 4 is 0 Å². The van der Waals surface area contributed by atoms with E-state index in [1.807, 2.05) is 23.0 Å². The van der Waals surface area contributed by atoms with Crippen LogP contribution in [0, 0.1) is 17.1 Å². The lowest BCUT2D eigenvalue weighted by molar-refractivity contribution is 0.553. The molecule has 0 radical (unpaired) electrons. The van der Waals surface area contributed by atoms with Crippen LogP contribution in [0.3, 0.4) is 0 Å². The van der Waals surface area contributed by atoms with Gasteiger partial charge in [-0.25, -0.2) is 4.39 Å². The molecule has 20 heavy (non-hydrogen) atoms. The summed E-state index contributed by atoms with van der Waals surface area (Å²) in [6.45, 7) is 3.06. The van der Waals surface area contributed by atoms with Crippen LogP contribution < -0.4 is 0 Å². The molecule has 0 bridgehead atoms. The van der Waals surface area contributed by atoms with Gasteiger partial charge in [0.15, 0.2) is 0 Å². The number of aromatic nitrogens is 2. The van der Waals surface area contributed by atoms with Crippen LogP contribution in [0.4, 0.5) is 4.39 Å². The molecule has 1 heterocycles. The van der Waals surface area contributed by atoms with E-state index in [1.54, 1.807) is 12.3 Å². The number of nitriles is 1. The van der Waals surface area contributed by atoms with E-state index in [2.05, 4.69) is 12.0 Å². The van der Waals surface area contributed by atoms with E-state index in [9.17, 15) is 4.39 Å². The number of unbranched alkanes of at least 4 members (excludes halogenated alkanes) is 2. The molecule has 0 unspecified atom stereocenters. The predicted octanol–water partition coefficient (Wildman–Crippen LogP) is 3.95. The highest BCUT2D eigenvalue weighted by Gasteiger charge is 2.06. The number of aryl methyl sites for hydroxylation is 1. The minimum absolute atomic E-state index is 0.0996. The van der Waals surface area contributed by atoms with Crippen LogP contribution in [0.1, 0.15) is 31.7 Å². The SMILES string of the molecule is CCCCCn1cc(-c2ccc(CC#N)c(F)c2)cn1. The molecule has 0 amide bonds. The lowest BCUT2D eigenvalue weighted by Gasteiger charge is -2.02. The molecule has 0 aliphatic heterocycles. The molecule has 0 spiro atoms. The fraction of sp³-hybridized carbons (Fsp3) is 0.375. The van der Waals surface area contributed by atoms with Gasteiger partial charge in [-0.3, -0.25) is 4.68 Å². The molecular formula is C16H18FN3. The number of nitrogens with zero attached hydrogens (tertiary/aromatic N) is 3. The minimum Gasteiger partial charge on any atom is -0.272 e. The Bertz CT molecular complexity index is 610. The molecule has 1 aromatic heterocycles. The maximum absolute atomic E-state index is 13.8. The van der Waals surface area contributed by atoms with E-state index < -0.39 is 0 Å². The second-order valence-electron chi connectivity index (χ2n) is 4.84. The van der Waals surface area contributed by atoms with Gasteiger partial charge < -0.3 is 0 Å². The van der Waals surface area contributed by atoms with Crippen molar-refractivity contribution in [2.24, 2.45) is 0 Å². The van der Waals surface area contributed by atoms with Crippen molar-refractivity contribution in [2.45, 2.75) is 39.2 Å². The van der Waals surface area contributed by atoms with Gasteiger partial charge in [-0.1, -0.05) is 31.9 Å². The first-order valence-corrected chi connectivity index (χ1v) is 6.92. The number of hydrogen-bond acceptors (Lipinski definition) is 2. The first-order chi connectivity index (χ1) is 9.74. The van der Waals surface area contributed by atoms with Gasteiger partial charge in [0.25, 0.3) is 0 Å². The van der Waals surface area contributed by atoms with Crippen molar-refractivity contribution in [2.75, 3.05) is 0 Å². The van der Waals surface area contributed by atoms with Crippen LogP contribution in [0.5, 0.6) is 0 Å². The van der Waals surface area contributed by atoms with Crippen molar-refractivity contribution in [1.82, 2.24) is 9.78 Å². The van der Waals surface area contributed by atoms with Crippen LogP contribution in [-0.2, 0) is 13.0 Å². The van der Waals surface area contributed by atoms with Gasteiger partial charge in [0.1, 0.15) is 5.82 Å². The maximum Gasteiger partial charge on any atom is 0.128 e. The minimum atomic E-state index is -0.331. The van der Waals surface area contributed by atoms with Crippen LogP contribution in [0.15, 0.2) is 30.6 Å². The molecule has 2 aromatic rings. The molecule has 0 saturated heterocycles. The van der Waals surface area contributed by atoms with Gasteiger partial charge in [-0.05, 0) is 18.1 Å². The standard InChI is InChI=1S/C16H18FN3/c1-2-3-4-9-20-12-15(11-19-20)14-6-5-13(7-8-18)16(17)10-14/h5-6,10-12H,2-4,7,9H2,1H3. The molecular weight excluding hydrogens is 253 g/mol. The Hall–Kier alpha value is -2.15. The van der Waals surface area contributed by atoms with Crippen molar-refractivity contribution in [3.63, 3.8) is 0 Å². The van der Waals surface area contributed by atoms with Gasteiger partial charge >= 0.3 is 0 Å². The van der Waals surface area contributed by atoms with E-state index in [1.165, 1.54) is 18.9 Å². The predicted molar refractivity (Wildman–Crippen MR) is 76.5 cm³/mol. The lowest BCUT2D eigenvalue weighted by atomic mass is 10.1. The second kappa shape index (κ2) is 6.85. The van der Waals surface area contributed by atoms with Gasteiger partial charge in [0.05, 0.1) is 18.7 Å². The summed E-state index contributed by atoms with van der Waals surface area (Å²) < 4.78 is 15.7. The first kappa shape index (κ1) is 14.3. The van der Waals surface area contributed by atoms with Gasteiger partial charge in [0, 0.05) is 23.9 Å². The molecule has 2 rings (SSSR count). The Morgan fingerprint density at radius 1 is 1.30 bits per heavy atom. The Balaban J connectivity index is 2.12. The molecule has 0 N–H and O–H groups in total. The smallest absolute Gasteiger partial charge is 0.128 e. The third-order valence-electron chi connectivity index (χ3n) is 3.28. The zero-order valence-corrected chi connectivity index (χ0v) is 11.6. The summed E-state index contributed by atoms with van der Waals surface area (Å²) in [5.41, 5.74) is 2.14. The average Bonchev–Trinajstić information content (AvgIpc) is 2.90. The maximum atomic E-state index is 13.8. The lowest BCUT2D eigenvalue weighted by Crippen LogP contribution is -1.97. The number of hydrogen-bond donors (Lipinski definition) is 0. The van der Waals surface area contributed by atoms with E-state index in [4.69, 9.17) is 5.26 Å². The summed E-state index contributed by atoms with van der Waals surface area (Å²) in [6.07, 6.45) is 7.26. The Labute approximate surface area is 118 Å². The van der Waals surface area contributed by atoms with Gasteiger partial charge in [-0.15, -0.1) is 0 Å². The molecule has 0 fully saturated rings. The first-order valence-electron chi connectivity index (χ1n) is 6.92. The topological polar surface area (TPSA) is 41.6 Å². The summed E-state index contributed by atoms with van der Waals surface area (Å²) in [6, 6.07) is 6.94. The van der Waals surface area contributed by atoms with Crippen molar-refractivity contribution in [3.8, 4) is 17.2 Å². The molecule has 3 nitrogen and oxygen atoms in total. The largest absolute Gasteiger partial charge is 0.272 e. The third-order valence-corrected chi connectivity index (χ3v) is 3.28. The zero-order chi connectivity index (χ0) is 14.4. The van der Waals surface area contributed by atoms with Gasteiger partial charge in [0.2, 0.25) is 0 Å². The highest BCUT2D eigenvalue weighted by Crippen LogP contribution is 2.22. The number of rotatable bonds is 6. The third kappa shape index (κ3) is 3.45. The highest BCUT2D eigenvalue weighted by atomic mass is 19.1. The molecule has 0 saturated carbocycles. The summed E-state index contributed by atoms with van der Waals surface area (Å²) >= 11 is 0.